The molecule has 0 radical (unpaired) electrons. The van der Waals surface area contributed by atoms with Crippen molar-refractivity contribution in [1.29, 1.82) is 0 Å². The maximum absolute atomic E-state index is 11.7. The van der Waals surface area contributed by atoms with E-state index in [0.717, 1.165) is 19.3 Å². The van der Waals surface area contributed by atoms with E-state index >= 15 is 0 Å². The van der Waals surface area contributed by atoms with Crippen LogP contribution in [0.5, 0.6) is 0 Å². The molecule has 1 atom stereocenters. The summed E-state index contributed by atoms with van der Waals surface area (Å²) in [6.07, 6.45) is 16.1. The predicted octanol–water partition coefficient (Wildman–Crippen LogP) is 4.50. The van der Waals surface area contributed by atoms with E-state index in [-0.39, 0.29) is 6.42 Å². The van der Waals surface area contributed by atoms with Crippen molar-refractivity contribution in [3.05, 3.63) is 0 Å². The Morgan fingerprint density at radius 2 is 1.12 bits per heavy atom. The van der Waals surface area contributed by atoms with Gasteiger partial charge in [0.05, 0.1) is 12.8 Å². The molecule has 192 valence electrons. The molecular formula is C24H43NO8. The molecule has 0 aromatic carbocycles. The monoisotopic (exact) mass is 473 g/mol. The lowest BCUT2D eigenvalue weighted by Gasteiger charge is -2.19. The Bertz CT molecular complexity index is 581. The number of carbonyl (C=O) groups is 4. The van der Waals surface area contributed by atoms with Gasteiger partial charge in [-0.2, -0.15) is 5.48 Å². The summed E-state index contributed by atoms with van der Waals surface area (Å²) >= 11 is 0. The van der Waals surface area contributed by atoms with E-state index in [4.69, 9.17) is 10.2 Å². The van der Waals surface area contributed by atoms with Gasteiger partial charge in [0.25, 0.3) is 5.91 Å². The van der Waals surface area contributed by atoms with E-state index < -0.39 is 42.3 Å². The molecule has 0 aliphatic heterocycles. The molecule has 0 saturated carbocycles. The van der Waals surface area contributed by atoms with E-state index in [9.17, 15) is 24.3 Å². The normalized spacial score (nSPS) is 12.7. The van der Waals surface area contributed by atoms with Crippen molar-refractivity contribution < 1.29 is 39.3 Å². The second kappa shape index (κ2) is 19.3. The van der Waals surface area contributed by atoms with Gasteiger partial charge in [0.15, 0.2) is 5.60 Å². The number of rotatable bonds is 21. The van der Waals surface area contributed by atoms with Crippen LogP contribution in [0.15, 0.2) is 0 Å². The summed E-state index contributed by atoms with van der Waals surface area (Å²) in [5.74, 6) is -5.20. The summed E-state index contributed by atoms with van der Waals surface area (Å²) in [5, 5.41) is 27.3. The van der Waals surface area contributed by atoms with Crippen molar-refractivity contribution >= 4 is 23.8 Å². The van der Waals surface area contributed by atoms with Crippen molar-refractivity contribution in [3.8, 4) is 0 Å². The largest absolute Gasteiger partial charge is 0.481 e. The molecular weight excluding hydrogens is 430 g/mol. The smallest absolute Gasteiger partial charge is 0.336 e. The number of hydroxylamine groups is 1. The maximum Gasteiger partial charge on any atom is 0.336 e. The number of carboxylic acid groups (broad SMARTS) is 2. The van der Waals surface area contributed by atoms with Crippen LogP contribution in [0.4, 0.5) is 0 Å². The molecule has 0 spiro atoms. The highest BCUT2D eigenvalue weighted by molar-refractivity contribution is 5.88. The quantitative estimate of drug-likeness (QED) is 0.140. The Balaban J connectivity index is 3.63. The predicted molar refractivity (Wildman–Crippen MR) is 123 cm³/mol. The summed E-state index contributed by atoms with van der Waals surface area (Å²) < 4.78 is 0. The van der Waals surface area contributed by atoms with Gasteiger partial charge in [-0.15, -0.1) is 0 Å². The minimum Gasteiger partial charge on any atom is -0.481 e. The zero-order valence-electron chi connectivity index (χ0n) is 20.1. The fourth-order valence-electron chi connectivity index (χ4n) is 3.56. The Morgan fingerprint density at radius 1 is 0.697 bits per heavy atom. The Labute approximate surface area is 197 Å². The Kier molecular flexibility index (Phi) is 18.1. The molecule has 4 N–H and O–H groups in total. The molecule has 0 saturated heterocycles. The number of unbranched alkanes of at least 4 members (excludes halogenated alkanes) is 14. The SMILES string of the molecule is CCCCCCCCCCCCCCCCCC(=O)NOC(=O)CC(O)(CC(=O)O)C(=O)O. The third kappa shape index (κ3) is 18.0. The van der Waals surface area contributed by atoms with Gasteiger partial charge in [0.1, 0.15) is 0 Å². The first-order valence-electron chi connectivity index (χ1n) is 12.4. The molecule has 0 rings (SSSR count). The van der Waals surface area contributed by atoms with Gasteiger partial charge in [-0.05, 0) is 6.42 Å². The number of hydrogen-bond donors (Lipinski definition) is 4. The van der Waals surface area contributed by atoms with Crippen molar-refractivity contribution in [2.24, 2.45) is 0 Å². The molecule has 0 aromatic heterocycles. The highest BCUT2D eigenvalue weighted by atomic mass is 16.7. The zero-order valence-corrected chi connectivity index (χ0v) is 20.1. The first-order chi connectivity index (χ1) is 15.7. The number of carboxylic acids is 2. The van der Waals surface area contributed by atoms with Crippen LogP contribution in [0, 0.1) is 0 Å². The average Bonchev–Trinajstić information content (AvgIpc) is 2.74. The minimum absolute atomic E-state index is 0.157. The fourth-order valence-corrected chi connectivity index (χ4v) is 3.56. The van der Waals surface area contributed by atoms with Crippen LogP contribution < -0.4 is 5.48 Å². The lowest BCUT2D eigenvalue weighted by atomic mass is 9.96. The summed E-state index contributed by atoms with van der Waals surface area (Å²) in [6, 6.07) is 0. The number of nitrogens with one attached hydrogen (secondary N) is 1. The van der Waals surface area contributed by atoms with E-state index in [1.807, 2.05) is 5.48 Å². The molecule has 1 amide bonds. The van der Waals surface area contributed by atoms with Crippen LogP contribution in [0.2, 0.25) is 0 Å². The van der Waals surface area contributed by atoms with Gasteiger partial charge in [0.2, 0.25) is 0 Å². The number of aliphatic hydroxyl groups is 1. The number of amides is 1. The molecule has 33 heavy (non-hydrogen) atoms. The van der Waals surface area contributed by atoms with Gasteiger partial charge >= 0.3 is 17.9 Å². The third-order valence-corrected chi connectivity index (χ3v) is 5.56. The van der Waals surface area contributed by atoms with E-state index in [1.54, 1.807) is 0 Å². The van der Waals surface area contributed by atoms with Gasteiger partial charge in [0, 0.05) is 6.42 Å². The highest BCUT2D eigenvalue weighted by Gasteiger charge is 2.41. The average molecular weight is 474 g/mol. The molecule has 1 unspecified atom stereocenters. The molecule has 9 heteroatoms. The third-order valence-electron chi connectivity index (χ3n) is 5.56. The van der Waals surface area contributed by atoms with Crippen LogP contribution in [-0.2, 0) is 24.0 Å². The molecule has 0 aromatic rings. The van der Waals surface area contributed by atoms with Gasteiger partial charge in [-0.25, -0.2) is 9.59 Å². The first-order valence-corrected chi connectivity index (χ1v) is 12.4. The number of hydrogen-bond acceptors (Lipinski definition) is 6. The van der Waals surface area contributed by atoms with E-state index in [0.29, 0.717) is 6.42 Å². The van der Waals surface area contributed by atoms with Gasteiger partial charge in [-0.3, -0.25) is 9.59 Å². The van der Waals surface area contributed by atoms with Crippen LogP contribution >= 0.6 is 0 Å². The van der Waals surface area contributed by atoms with Crippen LogP contribution in [0.3, 0.4) is 0 Å². The molecule has 0 heterocycles. The van der Waals surface area contributed by atoms with Crippen molar-refractivity contribution in [2.75, 3.05) is 0 Å². The molecule has 0 bridgehead atoms. The van der Waals surface area contributed by atoms with Crippen molar-refractivity contribution in [1.82, 2.24) is 5.48 Å². The van der Waals surface area contributed by atoms with Gasteiger partial charge in [-0.1, -0.05) is 96.8 Å². The molecule has 9 nitrogen and oxygen atoms in total. The van der Waals surface area contributed by atoms with Crippen LogP contribution in [0.25, 0.3) is 0 Å². The maximum atomic E-state index is 11.7. The minimum atomic E-state index is -2.79. The summed E-state index contributed by atoms with van der Waals surface area (Å²) in [4.78, 5) is 49.4. The van der Waals surface area contributed by atoms with Crippen molar-refractivity contribution in [2.45, 2.75) is 128 Å². The standard InChI is InChI=1S/C24H43NO8/c1-2-3-4-5-6-7-8-9-10-11-12-13-14-15-16-17-20(26)25-33-22(29)19-24(32,23(30)31)18-21(27)28/h32H,2-19H2,1H3,(H,25,26)(H,27,28)(H,30,31). The first kappa shape index (κ1) is 30.8. The fraction of sp³-hybridized carbons (Fsp3) is 0.833. The Morgan fingerprint density at radius 3 is 1.52 bits per heavy atom. The van der Waals surface area contributed by atoms with Crippen LogP contribution in [0.1, 0.15) is 122 Å². The molecule has 0 fully saturated rings. The molecule has 0 aliphatic carbocycles. The zero-order chi connectivity index (χ0) is 25.0. The molecule has 0 aliphatic rings. The summed E-state index contributed by atoms with van der Waals surface area (Å²) in [5.41, 5.74) is -0.883. The Hall–Kier alpha value is -2.16. The second-order valence-corrected chi connectivity index (χ2v) is 8.78. The number of carbonyl (C=O) groups excluding carboxylic acids is 2. The van der Waals surface area contributed by atoms with E-state index in [1.165, 1.54) is 70.6 Å². The van der Waals surface area contributed by atoms with Gasteiger partial charge < -0.3 is 20.2 Å². The highest BCUT2D eigenvalue weighted by Crippen LogP contribution is 2.17. The lowest BCUT2D eigenvalue weighted by molar-refractivity contribution is -0.175. The van der Waals surface area contributed by atoms with E-state index in [2.05, 4.69) is 11.8 Å². The van der Waals surface area contributed by atoms with Crippen LogP contribution in [-0.4, -0.2) is 44.7 Å². The number of aliphatic carboxylic acids is 2. The van der Waals surface area contributed by atoms with Crippen molar-refractivity contribution in [3.63, 3.8) is 0 Å². The second-order valence-electron chi connectivity index (χ2n) is 8.78. The lowest BCUT2D eigenvalue weighted by Crippen LogP contribution is -2.44. The summed E-state index contributed by atoms with van der Waals surface area (Å²) in [7, 11) is 0. The summed E-state index contributed by atoms with van der Waals surface area (Å²) in [6.45, 7) is 2.24. The topological polar surface area (TPSA) is 150 Å².